The highest BCUT2D eigenvalue weighted by atomic mass is 28.4. The van der Waals surface area contributed by atoms with Crippen molar-refractivity contribution in [3.05, 3.63) is 0 Å². The van der Waals surface area contributed by atoms with Gasteiger partial charge in [-0.2, -0.15) is 0 Å². The van der Waals surface area contributed by atoms with Crippen LogP contribution in [0.25, 0.3) is 0 Å². The number of alkyl halides is 1. The molecule has 2 fully saturated rings. The van der Waals surface area contributed by atoms with Gasteiger partial charge in [0.25, 0.3) is 0 Å². The molecular formula is C15H29FO4Si. The molecule has 2 rings (SSSR count). The van der Waals surface area contributed by atoms with Crippen molar-refractivity contribution in [3.8, 4) is 0 Å². The zero-order chi connectivity index (χ0) is 16.1. The Labute approximate surface area is 128 Å². The maximum absolute atomic E-state index is 13.4. The maximum Gasteiger partial charge on any atom is 0.192 e. The van der Waals surface area contributed by atoms with Crippen LogP contribution in [0.1, 0.15) is 27.7 Å². The largest absolute Gasteiger partial charge is 0.408 e. The van der Waals surface area contributed by atoms with Crippen LogP contribution in [-0.4, -0.2) is 58.7 Å². The summed E-state index contributed by atoms with van der Waals surface area (Å²) in [6.07, 6.45) is -1.14. The van der Waals surface area contributed by atoms with E-state index in [1.54, 1.807) is 0 Å². The van der Waals surface area contributed by atoms with Crippen molar-refractivity contribution >= 4 is 8.32 Å². The van der Waals surface area contributed by atoms with E-state index in [1.165, 1.54) is 7.11 Å². The Morgan fingerprint density at radius 2 is 2.00 bits per heavy atom. The molecule has 2 bridgehead atoms. The van der Waals surface area contributed by atoms with Gasteiger partial charge in [0.15, 0.2) is 8.32 Å². The third-order valence-corrected chi connectivity index (χ3v) is 9.80. The maximum atomic E-state index is 13.4. The summed E-state index contributed by atoms with van der Waals surface area (Å²) in [5.74, 6) is 0. The van der Waals surface area contributed by atoms with E-state index >= 15 is 0 Å². The van der Waals surface area contributed by atoms with Crippen molar-refractivity contribution in [1.29, 1.82) is 0 Å². The molecule has 0 N–H and O–H groups in total. The van der Waals surface area contributed by atoms with E-state index in [9.17, 15) is 4.39 Å². The zero-order valence-electron chi connectivity index (χ0n) is 14.2. The third kappa shape index (κ3) is 2.69. The molecule has 0 aromatic heterocycles. The molecule has 6 heteroatoms. The Morgan fingerprint density at radius 3 is 2.43 bits per heavy atom. The summed E-state index contributed by atoms with van der Waals surface area (Å²) < 4.78 is 37.2. The lowest BCUT2D eigenvalue weighted by Gasteiger charge is -2.42. The van der Waals surface area contributed by atoms with Crippen LogP contribution in [0.2, 0.25) is 18.1 Å². The molecule has 0 radical (unpaired) electrons. The predicted molar refractivity (Wildman–Crippen MR) is 81.9 cm³/mol. The van der Waals surface area contributed by atoms with E-state index in [-0.39, 0.29) is 23.4 Å². The van der Waals surface area contributed by atoms with Gasteiger partial charge in [0.1, 0.15) is 30.6 Å². The van der Waals surface area contributed by atoms with Crippen molar-refractivity contribution in [2.24, 2.45) is 0 Å². The molecule has 2 aliphatic heterocycles. The van der Waals surface area contributed by atoms with E-state index in [4.69, 9.17) is 18.6 Å². The summed E-state index contributed by atoms with van der Waals surface area (Å²) in [7, 11) is -0.484. The summed E-state index contributed by atoms with van der Waals surface area (Å²) >= 11 is 0. The van der Waals surface area contributed by atoms with E-state index in [1.807, 2.05) is 6.92 Å². The van der Waals surface area contributed by atoms with Gasteiger partial charge in [0, 0.05) is 7.11 Å². The summed E-state index contributed by atoms with van der Waals surface area (Å²) in [5, 5.41) is 0.0811. The quantitative estimate of drug-likeness (QED) is 0.730. The van der Waals surface area contributed by atoms with Crippen LogP contribution < -0.4 is 0 Å². The number of methoxy groups -OCH3 is 1. The summed E-state index contributed by atoms with van der Waals surface area (Å²) in [4.78, 5) is 0. The van der Waals surface area contributed by atoms with Crippen molar-refractivity contribution < 1.29 is 23.0 Å². The lowest BCUT2D eigenvalue weighted by Crippen LogP contribution is -2.57. The van der Waals surface area contributed by atoms with Crippen LogP contribution in [0.3, 0.4) is 0 Å². The SMILES string of the molecule is CO[C@@H](CF)C12COC([C@H](C)O1)[C@@H]2O[Si](C)(C)C(C)(C)C. The molecule has 0 amide bonds. The summed E-state index contributed by atoms with van der Waals surface area (Å²) in [5.41, 5.74) is -0.816. The smallest absolute Gasteiger partial charge is 0.192 e. The lowest BCUT2D eigenvalue weighted by molar-refractivity contribution is -0.192. The van der Waals surface area contributed by atoms with Crippen LogP contribution in [0.4, 0.5) is 4.39 Å². The van der Waals surface area contributed by atoms with E-state index in [0.29, 0.717) is 6.61 Å². The van der Waals surface area contributed by atoms with Crippen molar-refractivity contribution in [2.45, 2.75) is 75.8 Å². The number of hydrogen-bond acceptors (Lipinski definition) is 4. The molecule has 5 atom stereocenters. The van der Waals surface area contributed by atoms with Crippen molar-refractivity contribution in [2.75, 3.05) is 20.4 Å². The highest BCUT2D eigenvalue weighted by Crippen LogP contribution is 2.48. The fourth-order valence-corrected chi connectivity index (χ4v) is 4.30. The molecule has 0 spiro atoms. The highest BCUT2D eigenvalue weighted by molar-refractivity contribution is 6.74. The van der Waals surface area contributed by atoms with Crippen molar-refractivity contribution in [3.63, 3.8) is 0 Å². The van der Waals surface area contributed by atoms with Crippen LogP contribution in [0.15, 0.2) is 0 Å². The van der Waals surface area contributed by atoms with Gasteiger partial charge in [-0.05, 0) is 25.1 Å². The van der Waals surface area contributed by atoms with E-state index in [0.717, 1.165) is 0 Å². The average molecular weight is 320 g/mol. The number of hydrogen-bond donors (Lipinski definition) is 0. The Bertz CT molecular complexity index is 380. The van der Waals surface area contributed by atoms with Gasteiger partial charge in [0.2, 0.25) is 0 Å². The minimum absolute atomic E-state index is 0.0811. The molecule has 2 heterocycles. The average Bonchev–Trinajstić information content (AvgIpc) is 2.80. The van der Waals surface area contributed by atoms with Crippen LogP contribution in [-0.2, 0) is 18.6 Å². The first kappa shape index (κ1) is 17.3. The molecule has 0 aromatic rings. The second-order valence-corrected chi connectivity index (χ2v) is 12.5. The summed E-state index contributed by atoms with van der Waals surface area (Å²) in [6, 6.07) is 0. The Balaban J connectivity index is 2.29. The van der Waals surface area contributed by atoms with Crippen molar-refractivity contribution in [1.82, 2.24) is 0 Å². The van der Waals surface area contributed by atoms with E-state index in [2.05, 4.69) is 33.9 Å². The number of ether oxygens (including phenoxy) is 3. The van der Waals surface area contributed by atoms with Gasteiger partial charge in [-0.15, -0.1) is 0 Å². The Kier molecular flexibility index (Phi) is 4.59. The fourth-order valence-electron chi connectivity index (χ4n) is 2.98. The number of rotatable bonds is 5. The van der Waals surface area contributed by atoms with Crippen LogP contribution >= 0.6 is 0 Å². The predicted octanol–water partition coefficient (Wildman–Crippen LogP) is 2.92. The van der Waals surface area contributed by atoms with Crippen LogP contribution in [0.5, 0.6) is 0 Å². The Hall–Kier alpha value is -0.0131. The van der Waals surface area contributed by atoms with Gasteiger partial charge < -0.3 is 18.6 Å². The topological polar surface area (TPSA) is 36.9 Å². The lowest BCUT2D eigenvalue weighted by atomic mass is 9.93. The molecule has 2 unspecified atom stereocenters. The second kappa shape index (κ2) is 5.56. The monoisotopic (exact) mass is 320 g/mol. The number of halogens is 1. The first-order valence-corrected chi connectivity index (χ1v) is 10.6. The molecule has 2 saturated heterocycles. The zero-order valence-corrected chi connectivity index (χ0v) is 15.2. The first-order chi connectivity index (χ1) is 9.59. The molecular weight excluding hydrogens is 291 g/mol. The molecule has 0 saturated carbocycles. The van der Waals surface area contributed by atoms with Crippen LogP contribution in [0, 0.1) is 0 Å². The van der Waals surface area contributed by atoms with Gasteiger partial charge >= 0.3 is 0 Å². The first-order valence-electron chi connectivity index (χ1n) is 7.65. The minimum Gasteiger partial charge on any atom is -0.408 e. The molecule has 2 aliphatic rings. The van der Waals surface area contributed by atoms with Gasteiger partial charge in [-0.25, -0.2) is 4.39 Å². The standard InChI is InChI=1S/C15H29FO4Si/c1-10-12-13(20-21(6,7)14(2,3)4)15(19-10,9-18-12)11(8-16)17-5/h10-13H,8-9H2,1-7H3/t10-,11-,12?,13-,15?/m0/s1. The fraction of sp³-hybridized carbons (Fsp3) is 1.00. The molecule has 124 valence electrons. The minimum atomic E-state index is -2.00. The van der Waals surface area contributed by atoms with Gasteiger partial charge in [-0.3, -0.25) is 0 Å². The number of fused-ring (bicyclic) bond motifs is 2. The molecule has 4 nitrogen and oxygen atoms in total. The van der Waals surface area contributed by atoms with E-state index < -0.39 is 26.7 Å². The second-order valence-electron chi connectivity index (χ2n) is 7.73. The highest BCUT2D eigenvalue weighted by Gasteiger charge is 2.66. The summed E-state index contributed by atoms with van der Waals surface area (Å²) in [6.45, 7) is 12.7. The Morgan fingerprint density at radius 1 is 1.38 bits per heavy atom. The molecule has 0 aliphatic carbocycles. The normalized spacial score (nSPS) is 38.0. The molecule has 21 heavy (non-hydrogen) atoms. The third-order valence-electron chi connectivity index (χ3n) is 5.35. The molecule has 0 aromatic carbocycles. The van der Waals surface area contributed by atoms with Gasteiger partial charge in [0.05, 0.1) is 12.7 Å². The van der Waals surface area contributed by atoms with Gasteiger partial charge in [-0.1, -0.05) is 20.8 Å².